The molecule has 0 spiro atoms. The Morgan fingerprint density at radius 1 is 1.44 bits per heavy atom. The average Bonchev–Trinajstić information content (AvgIpc) is 3.28. The summed E-state index contributed by atoms with van der Waals surface area (Å²) in [6, 6.07) is 6.29. The quantitative estimate of drug-likeness (QED) is 0.764. The second-order valence-corrected chi connectivity index (χ2v) is 6.01. The van der Waals surface area contributed by atoms with Crippen molar-refractivity contribution in [3.8, 4) is 0 Å². The molecule has 1 aliphatic rings. The van der Waals surface area contributed by atoms with Crippen molar-refractivity contribution in [2.45, 2.75) is 19.5 Å². The Labute approximate surface area is 156 Å². The third-order valence-corrected chi connectivity index (χ3v) is 4.09. The van der Waals surface area contributed by atoms with Gasteiger partial charge in [0.2, 0.25) is 0 Å². The summed E-state index contributed by atoms with van der Waals surface area (Å²) in [7, 11) is 1.62. The Balaban J connectivity index is 1.61. The van der Waals surface area contributed by atoms with E-state index in [4.69, 9.17) is 9.47 Å². The Hall–Kier alpha value is -3.14. The number of anilines is 2. The number of aromatic nitrogens is 3. The summed E-state index contributed by atoms with van der Waals surface area (Å²) in [6.07, 6.45) is 1.21. The van der Waals surface area contributed by atoms with E-state index in [0.717, 1.165) is 0 Å². The average molecular weight is 374 g/mol. The van der Waals surface area contributed by atoms with Crippen LogP contribution in [-0.4, -0.2) is 53.8 Å². The van der Waals surface area contributed by atoms with Gasteiger partial charge in [0.05, 0.1) is 19.2 Å². The highest BCUT2D eigenvalue weighted by Gasteiger charge is 2.23. The minimum atomic E-state index is -0.388. The van der Waals surface area contributed by atoms with Gasteiger partial charge in [0.25, 0.3) is 0 Å². The number of carbonyl (C=O) groups excluding carboxylic acids is 2. The van der Waals surface area contributed by atoms with Crippen LogP contribution in [0.3, 0.4) is 0 Å². The predicted octanol–water partition coefficient (Wildman–Crippen LogP) is 1.76. The number of methoxy groups -OCH3 is 1. The molecule has 1 aromatic heterocycles. The lowest BCUT2D eigenvalue weighted by atomic mass is 10.2. The summed E-state index contributed by atoms with van der Waals surface area (Å²) >= 11 is 0. The molecule has 1 aliphatic heterocycles. The van der Waals surface area contributed by atoms with Gasteiger partial charge in [-0.1, -0.05) is 6.07 Å². The van der Waals surface area contributed by atoms with Crippen molar-refractivity contribution < 1.29 is 19.1 Å². The van der Waals surface area contributed by atoms with E-state index >= 15 is 0 Å². The first kappa shape index (κ1) is 18.6. The Morgan fingerprint density at radius 3 is 3.04 bits per heavy atom. The molecule has 0 radical (unpaired) electrons. The van der Waals surface area contributed by atoms with Gasteiger partial charge in [0.1, 0.15) is 12.9 Å². The van der Waals surface area contributed by atoms with Crippen molar-refractivity contribution in [3.63, 3.8) is 0 Å². The van der Waals surface area contributed by atoms with Gasteiger partial charge in [0, 0.05) is 25.0 Å². The third-order valence-electron chi connectivity index (χ3n) is 4.09. The van der Waals surface area contributed by atoms with E-state index in [9.17, 15) is 9.59 Å². The maximum Gasteiger partial charge on any atom is 0.414 e. The zero-order chi connectivity index (χ0) is 19.2. The normalized spacial score (nSPS) is 14.7. The SMILES string of the molecule is COCCn1cnnc1C(C)NC(=O)Nc1cccc(N2CCOC2=O)c1. The lowest BCUT2D eigenvalue weighted by Gasteiger charge is -2.17. The van der Waals surface area contributed by atoms with Crippen molar-refractivity contribution >= 4 is 23.5 Å². The van der Waals surface area contributed by atoms with Crippen LogP contribution >= 0.6 is 0 Å². The third kappa shape index (κ3) is 4.53. The molecule has 10 heteroatoms. The Kier molecular flexibility index (Phi) is 5.87. The maximum absolute atomic E-state index is 12.3. The van der Waals surface area contributed by atoms with Crippen LogP contribution in [-0.2, 0) is 16.0 Å². The van der Waals surface area contributed by atoms with Crippen molar-refractivity contribution in [2.24, 2.45) is 0 Å². The van der Waals surface area contributed by atoms with Gasteiger partial charge in [-0.25, -0.2) is 9.59 Å². The molecule has 0 saturated carbocycles. The molecule has 1 saturated heterocycles. The van der Waals surface area contributed by atoms with Crippen LogP contribution in [0.15, 0.2) is 30.6 Å². The van der Waals surface area contributed by atoms with Gasteiger partial charge < -0.3 is 24.7 Å². The number of nitrogens with zero attached hydrogens (tertiary/aromatic N) is 4. The summed E-state index contributed by atoms with van der Waals surface area (Å²) in [5.41, 5.74) is 1.24. The zero-order valence-electron chi connectivity index (χ0n) is 15.2. The molecule has 144 valence electrons. The van der Waals surface area contributed by atoms with E-state index in [1.807, 2.05) is 11.5 Å². The lowest BCUT2D eigenvalue weighted by Crippen LogP contribution is -2.33. The molecule has 1 atom stereocenters. The van der Waals surface area contributed by atoms with E-state index in [2.05, 4.69) is 20.8 Å². The number of hydrogen-bond acceptors (Lipinski definition) is 6. The number of nitrogens with one attached hydrogen (secondary N) is 2. The number of carbonyl (C=O) groups is 2. The highest BCUT2D eigenvalue weighted by Crippen LogP contribution is 2.22. The van der Waals surface area contributed by atoms with Crippen LogP contribution in [0.1, 0.15) is 18.8 Å². The minimum absolute atomic E-state index is 0.346. The minimum Gasteiger partial charge on any atom is -0.447 e. The van der Waals surface area contributed by atoms with Crippen LogP contribution in [0.25, 0.3) is 0 Å². The van der Waals surface area contributed by atoms with Crippen LogP contribution < -0.4 is 15.5 Å². The molecule has 3 rings (SSSR count). The van der Waals surface area contributed by atoms with Gasteiger partial charge in [-0.3, -0.25) is 4.90 Å². The molecule has 0 aliphatic carbocycles. The lowest BCUT2D eigenvalue weighted by molar-refractivity contribution is 0.181. The predicted molar refractivity (Wildman–Crippen MR) is 97.6 cm³/mol. The largest absolute Gasteiger partial charge is 0.447 e. The summed E-state index contributed by atoms with van der Waals surface area (Å²) in [5, 5.41) is 13.5. The molecule has 1 aromatic carbocycles. The van der Waals surface area contributed by atoms with Gasteiger partial charge in [-0.15, -0.1) is 10.2 Å². The van der Waals surface area contributed by atoms with Crippen LogP contribution in [0.5, 0.6) is 0 Å². The molecule has 2 heterocycles. The number of urea groups is 1. The number of cyclic esters (lactones) is 1. The van der Waals surface area contributed by atoms with Crippen molar-refractivity contribution in [3.05, 3.63) is 36.4 Å². The first-order valence-electron chi connectivity index (χ1n) is 8.57. The van der Waals surface area contributed by atoms with Crippen LogP contribution in [0.4, 0.5) is 21.0 Å². The summed E-state index contributed by atoms with van der Waals surface area (Å²) in [4.78, 5) is 25.5. The van der Waals surface area contributed by atoms with E-state index in [1.54, 1.807) is 37.7 Å². The number of rotatable bonds is 7. The van der Waals surface area contributed by atoms with Gasteiger partial charge in [0.15, 0.2) is 5.82 Å². The van der Waals surface area contributed by atoms with E-state index in [1.165, 1.54) is 4.90 Å². The molecule has 2 aromatic rings. The van der Waals surface area contributed by atoms with Gasteiger partial charge in [-0.05, 0) is 25.1 Å². The van der Waals surface area contributed by atoms with Gasteiger partial charge >= 0.3 is 12.1 Å². The highest BCUT2D eigenvalue weighted by atomic mass is 16.6. The number of amides is 3. The zero-order valence-corrected chi connectivity index (χ0v) is 15.2. The van der Waals surface area contributed by atoms with Crippen LogP contribution in [0.2, 0.25) is 0 Å². The fraction of sp³-hybridized carbons (Fsp3) is 0.412. The fourth-order valence-corrected chi connectivity index (χ4v) is 2.77. The molecular formula is C17H22N6O4. The molecule has 10 nitrogen and oxygen atoms in total. The Morgan fingerprint density at radius 2 is 2.30 bits per heavy atom. The molecule has 1 fully saturated rings. The van der Waals surface area contributed by atoms with E-state index < -0.39 is 0 Å². The second kappa shape index (κ2) is 8.49. The van der Waals surface area contributed by atoms with E-state index in [0.29, 0.717) is 43.5 Å². The first-order valence-corrected chi connectivity index (χ1v) is 8.57. The number of hydrogen-bond donors (Lipinski definition) is 2. The summed E-state index contributed by atoms with van der Waals surface area (Å²) < 4.78 is 11.8. The second-order valence-electron chi connectivity index (χ2n) is 6.01. The molecular weight excluding hydrogens is 352 g/mol. The Bertz CT molecular complexity index is 808. The molecule has 2 N–H and O–H groups in total. The first-order chi connectivity index (χ1) is 13.1. The molecule has 3 amide bonds. The number of benzene rings is 1. The van der Waals surface area contributed by atoms with Crippen molar-refractivity contribution in [2.75, 3.05) is 37.1 Å². The van der Waals surface area contributed by atoms with Crippen molar-refractivity contribution in [1.29, 1.82) is 0 Å². The van der Waals surface area contributed by atoms with Crippen LogP contribution in [0, 0.1) is 0 Å². The standard InChI is InChI=1S/C17H22N6O4/c1-12(15-21-18-11-22(15)6-8-26-2)19-16(24)20-13-4-3-5-14(10-13)23-7-9-27-17(23)25/h3-5,10-12H,6-9H2,1-2H3,(H2,19,20,24). The fourth-order valence-electron chi connectivity index (χ4n) is 2.77. The monoisotopic (exact) mass is 374 g/mol. The molecule has 27 heavy (non-hydrogen) atoms. The smallest absolute Gasteiger partial charge is 0.414 e. The van der Waals surface area contributed by atoms with E-state index in [-0.39, 0.29) is 18.2 Å². The maximum atomic E-state index is 12.3. The molecule has 0 bridgehead atoms. The summed E-state index contributed by atoms with van der Waals surface area (Å²) in [6.45, 7) is 3.79. The topological polar surface area (TPSA) is 111 Å². The van der Waals surface area contributed by atoms with Crippen molar-refractivity contribution in [1.82, 2.24) is 20.1 Å². The number of ether oxygens (including phenoxy) is 2. The molecule has 1 unspecified atom stereocenters. The summed E-state index contributed by atoms with van der Waals surface area (Å²) in [5.74, 6) is 0.635. The highest BCUT2D eigenvalue weighted by molar-refractivity contribution is 5.93. The van der Waals surface area contributed by atoms with Gasteiger partial charge in [-0.2, -0.15) is 0 Å².